The van der Waals surface area contributed by atoms with Crippen molar-refractivity contribution in [3.63, 3.8) is 0 Å². The van der Waals surface area contributed by atoms with Gasteiger partial charge in [-0.2, -0.15) is 0 Å². The van der Waals surface area contributed by atoms with Gasteiger partial charge in [-0.3, -0.25) is 14.7 Å². The second kappa shape index (κ2) is 7.43. The third-order valence-corrected chi connectivity index (χ3v) is 6.69. The summed E-state index contributed by atoms with van der Waals surface area (Å²) in [6.07, 6.45) is 9.15. The summed E-state index contributed by atoms with van der Waals surface area (Å²) in [6.45, 7) is 3.46. The molecular weight excluding hydrogens is 334 g/mol. The van der Waals surface area contributed by atoms with Crippen molar-refractivity contribution in [2.24, 2.45) is 0 Å². The lowest BCUT2D eigenvalue weighted by Crippen LogP contribution is -2.55. The van der Waals surface area contributed by atoms with E-state index < -0.39 is 0 Å². The topological polar surface area (TPSA) is 36.4 Å². The molecule has 0 bridgehead atoms. The van der Waals surface area contributed by atoms with Crippen LogP contribution in [0.1, 0.15) is 61.0 Å². The number of hydrogen-bond donors (Lipinski definition) is 0. The lowest BCUT2D eigenvalue weighted by Gasteiger charge is -2.43. The summed E-state index contributed by atoms with van der Waals surface area (Å²) in [5.74, 6) is 0.133. The minimum atomic E-state index is 0.00359. The molecule has 1 aromatic heterocycles. The predicted octanol–water partition coefficient (Wildman–Crippen LogP) is 4.30. The first-order valence-corrected chi connectivity index (χ1v) is 10.1. The van der Waals surface area contributed by atoms with Gasteiger partial charge in [0.1, 0.15) is 0 Å². The van der Waals surface area contributed by atoms with Crippen LogP contribution >= 0.6 is 0 Å². The molecule has 4 heteroatoms. The molecule has 0 aliphatic carbocycles. The molecule has 142 valence electrons. The van der Waals surface area contributed by atoms with Gasteiger partial charge in [0.15, 0.2) is 0 Å². The van der Waals surface area contributed by atoms with Crippen molar-refractivity contribution in [1.29, 1.82) is 0 Å². The van der Waals surface area contributed by atoms with Crippen LogP contribution in [0.4, 0.5) is 0 Å². The van der Waals surface area contributed by atoms with Gasteiger partial charge in [0, 0.05) is 23.5 Å². The normalized spacial score (nSPS) is 29.0. The Morgan fingerprint density at radius 3 is 2.56 bits per heavy atom. The van der Waals surface area contributed by atoms with E-state index in [2.05, 4.69) is 53.0 Å². The maximum atomic E-state index is 13.6. The first kappa shape index (κ1) is 18.2. The van der Waals surface area contributed by atoms with Gasteiger partial charge in [-0.25, -0.2) is 0 Å². The number of hydrogen-bond acceptors (Lipinski definition) is 3. The molecule has 3 heterocycles. The minimum absolute atomic E-state index is 0.00359. The van der Waals surface area contributed by atoms with E-state index in [-0.39, 0.29) is 23.5 Å². The first-order chi connectivity index (χ1) is 13.1. The number of amides is 1. The quantitative estimate of drug-likeness (QED) is 0.798. The maximum Gasteiger partial charge on any atom is 0.254 e. The average Bonchev–Trinajstić information content (AvgIpc) is 3.00. The Bertz CT molecular complexity index is 779. The summed E-state index contributed by atoms with van der Waals surface area (Å²) >= 11 is 0. The molecule has 2 aliphatic rings. The largest absolute Gasteiger partial charge is 0.327 e. The number of aromatic nitrogens is 1. The van der Waals surface area contributed by atoms with Crippen LogP contribution in [0.15, 0.2) is 54.9 Å². The Kier molecular flexibility index (Phi) is 5.00. The molecule has 4 nitrogen and oxygen atoms in total. The van der Waals surface area contributed by atoms with Gasteiger partial charge < -0.3 is 4.90 Å². The van der Waals surface area contributed by atoms with Gasteiger partial charge in [-0.1, -0.05) is 43.2 Å². The number of rotatable bonds is 2. The van der Waals surface area contributed by atoms with Crippen molar-refractivity contribution in [3.05, 3.63) is 66.0 Å². The van der Waals surface area contributed by atoms with E-state index in [1.165, 1.54) is 24.8 Å². The highest BCUT2D eigenvalue weighted by molar-refractivity contribution is 5.95. The predicted molar refractivity (Wildman–Crippen MR) is 107 cm³/mol. The van der Waals surface area contributed by atoms with Crippen LogP contribution in [-0.2, 0) is 0 Å². The molecule has 27 heavy (non-hydrogen) atoms. The van der Waals surface area contributed by atoms with Gasteiger partial charge in [-0.15, -0.1) is 0 Å². The molecular formula is C23H29N3O. The lowest BCUT2D eigenvalue weighted by molar-refractivity contribution is 0.0452. The molecule has 2 aromatic rings. The van der Waals surface area contributed by atoms with Gasteiger partial charge >= 0.3 is 0 Å². The third kappa shape index (κ3) is 3.27. The molecule has 2 fully saturated rings. The van der Waals surface area contributed by atoms with Crippen LogP contribution in [-0.4, -0.2) is 45.9 Å². The van der Waals surface area contributed by atoms with E-state index in [1.54, 1.807) is 12.4 Å². The zero-order valence-electron chi connectivity index (χ0n) is 16.3. The van der Waals surface area contributed by atoms with Crippen LogP contribution in [0, 0.1) is 0 Å². The van der Waals surface area contributed by atoms with Crippen LogP contribution in [0.3, 0.4) is 0 Å². The van der Waals surface area contributed by atoms with Crippen molar-refractivity contribution in [1.82, 2.24) is 14.8 Å². The Balaban J connectivity index is 1.78. The number of benzene rings is 1. The van der Waals surface area contributed by atoms with Crippen LogP contribution in [0.5, 0.6) is 0 Å². The summed E-state index contributed by atoms with van der Waals surface area (Å²) in [7, 11) is 2.24. The first-order valence-electron chi connectivity index (χ1n) is 10.1. The highest BCUT2D eigenvalue weighted by Gasteiger charge is 2.53. The number of fused-ring (bicyclic) bond motifs is 1. The Morgan fingerprint density at radius 2 is 1.81 bits per heavy atom. The van der Waals surface area contributed by atoms with Gasteiger partial charge in [0.25, 0.3) is 5.91 Å². The van der Waals surface area contributed by atoms with Crippen molar-refractivity contribution < 1.29 is 4.79 Å². The molecule has 0 spiro atoms. The molecule has 1 amide bonds. The fraction of sp³-hybridized carbons (Fsp3) is 0.478. The fourth-order valence-corrected chi connectivity index (χ4v) is 5.00. The fourth-order valence-electron chi connectivity index (χ4n) is 5.00. The molecule has 0 radical (unpaired) electrons. The summed E-state index contributed by atoms with van der Waals surface area (Å²) in [5.41, 5.74) is 1.98. The minimum Gasteiger partial charge on any atom is -0.327 e. The smallest absolute Gasteiger partial charge is 0.254 e. The zero-order chi connectivity index (χ0) is 18.9. The van der Waals surface area contributed by atoms with E-state index in [0.717, 1.165) is 24.9 Å². The Labute approximate surface area is 162 Å². The van der Waals surface area contributed by atoms with Crippen LogP contribution in [0.25, 0.3) is 0 Å². The molecule has 4 rings (SSSR count). The number of carbonyl (C=O) groups excluding carboxylic acids is 1. The molecule has 2 saturated heterocycles. The summed E-state index contributed by atoms with van der Waals surface area (Å²) in [4.78, 5) is 22.4. The summed E-state index contributed by atoms with van der Waals surface area (Å²) in [6, 6.07) is 14.6. The number of carbonyl (C=O) groups is 1. The molecule has 1 aromatic carbocycles. The second-order valence-electron chi connectivity index (χ2n) is 8.22. The summed E-state index contributed by atoms with van der Waals surface area (Å²) in [5, 5.41) is 0. The van der Waals surface area contributed by atoms with E-state index >= 15 is 0 Å². The highest BCUT2D eigenvalue weighted by atomic mass is 16.2. The van der Waals surface area contributed by atoms with E-state index in [4.69, 9.17) is 0 Å². The molecule has 0 unspecified atom stereocenters. The summed E-state index contributed by atoms with van der Waals surface area (Å²) < 4.78 is 0. The number of pyridine rings is 1. The lowest BCUT2D eigenvalue weighted by atomic mass is 9.84. The molecule has 0 saturated carbocycles. The third-order valence-electron chi connectivity index (χ3n) is 6.69. The Hall–Kier alpha value is -2.20. The standard InChI is InChI=1S/C23H29N3O/c1-23-17-20(18-9-5-3-6-10-18)26(22(27)19-12-14-24-15-13-19)21(23)11-7-4-8-16-25(23)2/h3,5-6,9-10,12-15,20-21H,4,7-8,11,16-17H2,1-2H3/t20-,21-,23-/m0/s1. The number of nitrogens with zero attached hydrogens (tertiary/aromatic N) is 3. The molecule has 0 N–H and O–H groups in total. The Morgan fingerprint density at radius 1 is 1.07 bits per heavy atom. The van der Waals surface area contributed by atoms with Crippen molar-refractivity contribution in [2.75, 3.05) is 13.6 Å². The SMILES string of the molecule is CN1CCCCC[C@@H]2N(C(=O)c3ccncc3)[C@H](c3ccccc3)C[C@@]21C. The molecule has 3 atom stereocenters. The monoisotopic (exact) mass is 363 g/mol. The average molecular weight is 364 g/mol. The van der Waals surface area contributed by atoms with Crippen molar-refractivity contribution in [2.45, 2.75) is 56.7 Å². The maximum absolute atomic E-state index is 13.6. The highest BCUT2D eigenvalue weighted by Crippen LogP contribution is 2.48. The second-order valence-corrected chi connectivity index (χ2v) is 8.22. The molecule has 2 aliphatic heterocycles. The number of likely N-dealkylation sites (N-methyl/N-ethyl adjacent to an activating group) is 1. The van der Waals surface area contributed by atoms with Gasteiger partial charge in [0.2, 0.25) is 0 Å². The van der Waals surface area contributed by atoms with Gasteiger partial charge in [0.05, 0.1) is 12.1 Å². The number of likely N-dealkylation sites (tertiary alicyclic amines) is 2. The van der Waals surface area contributed by atoms with Gasteiger partial charge in [-0.05, 0) is 57.5 Å². The van der Waals surface area contributed by atoms with Crippen molar-refractivity contribution in [3.8, 4) is 0 Å². The van der Waals surface area contributed by atoms with Crippen LogP contribution in [0.2, 0.25) is 0 Å². The van der Waals surface area contributed by atoms with E-state index in [0.29, 0.717) is 0 Å². The van der Waals surface area contributed by atoms with E-state index in [9.17, 15) is 4.79 Å². The van der Waals surface area contributed by atoms with Crippen molar-refractivity contribution >= 4 is 5.91 Å². The zero-order valence-corrected chi connectivity index (χ0v) is 16.3. The van der Waals surface area contributed by atoms with E-state index in [1.807, 2.05) is 18.2 Å². The van der Waals surface area contributed by atoms with Crippen LogP contribution < -0.4 is 0 Å².